The highest BCUT2D eigenvalue weighted by atomic mass is 32.2. The zero-order valence-electron chi connectivity index (χ0n) is 17.0. The summed E-state index contributed by atoms with van der Waals surface area (Å²) < 4.78 is 26.8. The van der Waals surface area contributed by atoms with E-state index in [-0.39, 0.29) is 35.3 Å². The molecule has 1 aromatic carbocycles. The Kier molecular flexibility index (Phi) is 6.26. The van der Waals surface area contributed by atoms with Crippen LogP contribution in [0.15, 0.2) is 41.5 Å². The number of sulfonamides is 1. The molecule has 0 spiro atoms. The van der Waals surface area contributed by atoms with Crippen LogP contribution in [0.25, 0.3) is 10.2 Å². The summed E-state index contributed by atoms with van der Waals surface area (Å²) in [6, 6.07) is 7.75. The van der Waals surface area contributed by atoms with Gasteiger partial charge in [0.25, 0.3) is 0 Å². The van der Waals surface area contributed by atoms with Crippen LogP contribution in [0.4, 0.5) is 0 Å². The minimum atomic E-state index is -3.54. The third-order valence-corrected chi connectivity index (χ3v) is 7.47. The van der Waals surface area contributed by atoms with Crippen molar-refractivity contribution in [2.45, 2.75) is 38.3 Å². The van der Waals surface area contributed by atoms with Crippen LogP contribution < -0.4 is 10.0 Å². The fourth-order valence-corrected chi connectivity index (χ4v) is 5.50. The number of fused-ring (bicyclic) bond motifs is 1. The molecule has 1 amide bonds. The lowest BCUT2D eigenvalue weighted by Crippen LogP contribution is -2.38. The fraction of sp³-hybridized carbons (Fsp3) is 0.450. The Labute approximate surface area is 184 Å². The first-order valence-electron chi connectivity index (χ1n) is 10.2. The van der Waals surface area contributed by atoms with E-state index in [0.29, 0.717) is 19.8 Å². The lowest BCUT2D eigenvalue weighted by atomic mass is 9.95. The first-order chi connectivity index (χ1) is 14.8. The predicted molar refractivity (Wildman–Crippen MR) is 119 cm³/mol. The molecule has 3 heterocycles. The molecule has 0 atom stereocenters. The minimum absolute atomic E-state index is 0.000703. The summed E-state index contributed by atoms with van der Waals surface area (Å²) >= 11 is 1.24. The highest BCUT2D eigenvalue weighted by molar-refractivity contribution is 7.89. The molecule has 2 N–H and O–H groups in total. The standard InChI is InChI=1S/C20H25N5O4S2/c21-31(28,29)13-3-6-18(26)23-10-7-15(8-11-23)19-22-9-12-24(19)14-25-16-4-1-2-5-17(16)30-20(25)27/h1-2,4-5,9,12,15H,3,6-8,10-11,13-14H2,(H2,21,28,29). The van der Waals surface area contributed by atoms with Crippen molar-refractivity contribution in [3.8, 4) is 0 Å². The van der Waals surface area contributed by atoms with Gasteiger partial charge < -0.3 is 9.47 Å². The highest BCUT2D eigenvalue weighted by Crippen LogP contribution is 2.28. The number of carbonyl (C=O) groups excluding carboxylic acids is 1. The molecule has 1 aliphatic heterocycles. The van der Waals surface area contributed by atoms with Crippen molar-refractivity contribution in [1.82, 2.24) is 19.0 Å². The molecule has 2 aromatic heterocycles. The van der Waals surface area contributed by atoms with Gasteiger partial charge in [-0.3, -0.25) is 14.2 Å². The number of nitrogens with zero attached hydrogens (tertiary/aromatic N) is 4. The third-order valence-electron chi connectivity index (χ3n) is 5.65. The maximum atomic E-state index is 12.5. The second-order valence-corrected chi connectivity index (χ2v) is 10.5. The van der Waals surface area contributed by atoms with Gasteiger partial charge in [-0.05, 0) is 31.4 Å². The van der Waals surface area contributed by atoms with Gasteiger partial charge in [-0.15, -0.1) is 0 Å². The molecule has 0 bridgehead atoms. The van der Waals surface area contributed by atoms with Crippen LogP contribution in [0.5, 0.6) is 0 Å². The predicted octanol–water partition coefficient (Wildman–Crippen LogP) is 1.54. The number of hydrogen-bond acceptors (Lipinski definition) is 6. The van der Waals surface area contributed by atoms with Gasteiger partial charge in [-0.25, -0.2) is 18.5 Å². The number of amides is 1. The van der Waals surface area contributed by atoms with Gasteiger partial charge in [0.05, 0.1) is 16.0 Å². The number of carbonyl (C=O) groups is 1. The number of thiazole rings is 1. The summed E-state index contributed by atoms with van der Waals surface area (Å²) in [5.41, 5.74) is 0.914. The van der Waals surface area contributed by atoms with Crippen LogP contribution >= 0.6 is 11.3 Å². The molecular weight excluding hydrogens is 438 g/mol. The monoisotopic (exact) mass is 463 g/mol. The Bertz CT molecular complexity index is 1240. The van der Waals surface area contributed by atoms with E-state index in [9.17, 15) is 18.0 Å². The van der Waals surface area contributed by atoms with Gasteiger partial charge in [0, 0.05) is 37.8 Å². The fourth-order valence-electron chi connectivity index (χ4n) is 4.07. The highest BCUT2D eigenvalue weighted by Gasteiger charge is 2.26. The molecule has 0 saturated carbocycles. The zero-order chi connectivity index (χ0) is 22.0. The average Bonchev–Trinajstić information content (AvgIpc) is 3.32. The van der Waals surface area contributed by atoms with Crippen LogP contribution in [0.1, 0.15) is 37.4 Å². The number of piperidine rings is 1. The van der Waals surface area contributed by atoms with Crippen LogP contribution in [-0.4, -0.2) is 52.2 Å². The van der Waals surface area contributed by atoms with E-state index in [0.717, 1.165) is 28.9 Å². The van der Waals surface area contributed by atoms with E-state index in [1.54, 1.807) is 15.7 Å². The topological polar surface area (TPSA) is 120 Å². The molecule has 11 heteroatoms. The number of aromatic nitrogens is 3. The zero-order valence-corrected chi connectivity index (χ0v) is 18.6. The van der Waals surface area contributed by atoms with Crippen LogP contribution in [-0.2, 0) is 21.5 Å². The Balaban J connectivity index is 1.39. The van der Waals surface area contributed by atoms with Gasteiger partial charge in [0.2, 0.25) is 15.9 Å². The van der Waals surface area contributed by atoms with Crippen molar-refractivity contribution >= 4 is 37.5 Å². The van der Waals surface area contributed by atoms with Gasteiger partial charge >= 0.3 is 4.87 Å². The molecule has 1 aliphatic rings. The molecule has 1 fully saturated rings. The molecule has 0 aliphatic carbocycles. The van der Waals surface area contributed by atoms with E-state index >= 15 is 0 Å². The third kappa shape index (κ3) is 5.05. The van der Waals surface area contributed by atoms with Crippen molar-refractivity contribution in [3.05, 3.63) is 52.2 Å². The van der Waals surface area contributed by atoms with Crippen molar-refractivity contribution < 1.29 is 13.2 Å². The maximum absolute atomic E-state index is 12.5. The molecule has 0 unspecified atom stereocenters. The van der Waals surface area contributed by atoms with Gasteiger partial charge in [0.15, 0.2) is 0 Å². The van der Waals surface area contributed by atoms with E-state index in [4.69, 9.17) is 5.14 Å². The lowest BCUT2D eigenvalue weighted by Gasteiger charge is -2.32. The molecular formula is C20H25N5O4S2. The molecule has 0 radical (unpaired) electrons. The summed E-state index contributed by atoms with van der Waals surface area (Å²) in [4.78, 5) is 31.2. The number of benzene rings is 1. The summed E-state index contributed by atoms with van der Waals surface area (Å²) in [5.74, 6) is 0.901. The molecule has 9 nitrogen and oxygen atoms in total. The SMILES string of the molecule is NS(=O)(=O)CCCC(=O)N1CCC(c2nccn2Cn2c(=O)sc3ccccc32)CC1. The maximum Gasteiger partial charge on any atom is 0.309 e. The second kappa shape index (κ2) is 8.93. The average molecular weight is 464 g/mol. The normalized spacial score (nSPS) is 15.6. The number of primary sulfonamides is 1. The van der Waals surface area contributed by atoms with Gasteiger partial charge in [0.1, 0.15) is 12.5 Å². The quantitative estimate of drug-likeness (QED) is 0.570. The van der Waals surface area contributed by atoms with E-state index in [2.05, 4.69) is 4.98 Å². The molecule has 1 saturated heterocycles. The molecule has 166 valence electrons. The van der Waals surface area contributed by atoms with E-state index < -0.39 is 10.0 Å². The summed E-state index contributed by atoms with van der Waals surface area (Å²) in [6.07, 6.45) is 5.61. The first kappa shape index (κ1) is 21.7. The number of hydrogen-bond donors (Lipinski definition) is 1. The first-order valence-corrected chi connectivity index (χ1v) is 12.7. The number of para-hydroxylation sites is 1. The Hall–Kier alpha value is -2.50. The Morgan fingerprint density at radius 1 is 1.23 bits per heavy atom. The number of nitrogens with two attached hydrogens (primary N) is 1. The Morgan fingerprint density at radius 2 is 1.97 bits per heavy atom. The minimum Gasteiger partial charge on any atom is -0.343 e. The number of likely N-dealkylation sites (tertiary alicyclic amines) is 1. The molecule has 31 heavy (non-hydrogen) atoms. The van der Waals surface area contributed by atoms with E-state index in [1.807, 2.05) is 35.0 Å². The van der Waals surface area contributed by atoms with Crippen molar-refractivity contribution in [2.24, 2.45) is 5.14 Å². The number of rotatable bonds is 7. The van der Waals surface area contributed by atoms with Crippen molar-refractivity contribution in [1.29, 1.82) is 0 Å². The summed E-state index contributed by atoms with van der Waals surface area (Å²) in [6.45, 7) is 1.62. The van der Waals surface area contributed by atoms with Crippen LogP contribution in [0, 0.1) is 0 Å². The van der Waals surface area contributed by atoms with Crippen molar-refractivity contribution in [2.75, 3.05) is 18.8 Å². The van der Waals surface area contributed by atoms with E-state index in [1.165, 1.54) is 11.3 Å². The second-order valence-electron chi connectivity index (χ2n) is 7.79. The van der Waals surface area contributed by atoms with Gasteiger partial charge in [-0.1, -0.05) is 23.5 Å². The van der Waals surface area contributed by atoms with Crippen molar-refractivity contribution in [3.63, 3.8) is 0 Å². The Morgan fingerprint density at radius 3 is 2.71 bits per heavy atom. The summed E-state index contributed by atoms with van der Waals surface area (Å²) in [5, 5.41) is 4.99. The van der Waals surface area contributed by atoms with Crippen LogP contribution in [0.2, 0.25) is 0 Å². The molecule has 4 rings (SSSR count). The largest absolute Gasteiger partial charge is 0.343 e. The smallest absolute Gasteiger partial charge is 0.309 e. The molecule has 3 aromatic rings. The summed E-state index contributed by atoms with van der Waals surface area (Å²) in [7, 11) is -3.54. The number of imidazole rings is 1. The van der Waals surface area contributed by atoms with Gasteiger partial charge in [-0.2, -0.15) is 0 Å². The lowest BCUT2D eigenvalue weighted by molar-refractivity contribution is -0.132. The van der Waals surface area contributed by atoms with Crippen LogP contribution in [0.3, 0.4) is 0 Å².